The fourth-order valence-corrected chi connectivity index (χ4v) is 2.53. The number of hydrogen-bond acceptors (Lipinski definition) is 3. The maximum atomic E-state index is 12.7. The van der Waals surface area contributed by atoms with Crippen LogP contribution in [-0.4, -0.2) is 23.9 Å². The van der Waals surface area contributed by atoms with Gasteiger partial charge in [-0.2, -0.15) is 0 Å². The lowest BCUT2D eigenvalue weighted by molar-refractivity contribution is -0.127. The topological polar surface area (TPSA) is 84.2 Å². The Hall–Kier alpha value is -2.66. The summed E-state index contributed by atoms with van der Waals surface area (Å²) in [6, 6.07) is 17.5. The van der Waals surface area contributed by atoms with Crippen LogP contribution < -0.4 is 16.4 Å². The first-order valence-corrected chi connectivity index (χ1v) is 8.56. The molecular weight excluding hydrogens is 314 g/mol. The third-order valence-electron chi connectivity index (χ3n) is 3.89. The molecule has 0 aliphatic carbocycles. The Balaban J connectivity index is 2.10. The van der Waals surface area contributed by atoms with Crippen molar-refractivity contribution in [2.45, 2.75) is 38.3 Å². The van der Waals surface area contributed by atoms with E-state index in [4.69, 9.17) is 5.73 Å². The van der Waals surface area contributed by atoms with E-state index in [1.807, 2.05) is 67.6 Å². The molecule has 0 radical (unpaired) electrons. The Morgan fingerprint density at radius 2 is 1.56 bits per heavy atom. The monoisotopic (exact) mass is 339 g/mol. The van der Waals surface area contributed by atoms with Crippen molar-refractivity contribution in [1.29, 1.82) is 0 Å². The van der Waals surface area contributed by atoms with Gasteiger partial charge in [-0.1, -0.05) is 61.9 Å². The first-order valence-electron chi connectivity index (χ1n) is 8.56. The second-order valence-corrected chi connectivity index (χ2v) is 6.00. The van der Waals surface area contributed by atoms with Crippen LogP contribution in [0.5, 0.6) is 0 Å². The first kappa shape index (κ1) is 18.7. The molecule has 0 saturated carbocycles. The molecule has 0 aromatic heterocycles. The van der Waals surface area contributed by atoms with Crippen LogP contribution in [-0.2, 0) is 16.0 Å². The smallest absolute Gasteiger partial charge is 0.247 e. The summed E-state index contributed by atoms with van der Waals surface area (Å²) in [7, 11) is 0. The summed E-state index contributed by atoms with van der Waals surface area (Å²) >= 11 is 0. The Morgan fingerprint density at radius 3 is 2.16 bits per heavy atom. The fourth-order valence-electron chi connectivity index (χ4n) is 2.53. The number of carbonyl (C=O) groups excluding carboxylic acids is 2. The zero-order valence-corrected chi connectivity index (χ0v) is 14.4. The highest BCUT2D eigenvalue weighted by Crippen LogP contribution is 2.09. The molecule has 0 spiro atoms. The van der Waals surface area contributed by atoms with Crippen LogP contribution in [0, 0.1) is 0 Å². The molecule has 25 heavy (non-hydrogen) atoms. The van der Waals surface area contributed by atoms with Crippen molar-refractivity contribution in [3.63, 3.8) is 0 Å². The highest BCUT2D eigenvalue weighted by Gasteiger charge is 2.23. The van der Waals surface area contributed by atoms with Crippen molar-refractivity contribution in [2.75, 3.05) is 5.32 Å². The summed E-state index contributed by atoms with van der Waals surface area (Å²) in [6.45, 7) is 1.97. The van der Waals surface area contributed by atoms with Crippen LogP contribution in [0.15, 0.2) is 60.7 Å². The van der Waals surface area contributed by atoms with Crippen LogP contribution in [0.25, 0.3) is 0 Å². The van der Waals surface area contributed by atoms with Crippen LogP contribution in [0.3, 0.4) is 0 Å². The van der Waals surface area contributed by atoms with Crippen molar-refractivity contribution < 1.29 is 9.59 Å². The highest BCUT2D eigenvalue weighted by atomic mass is 16.2. The van der Waals surface area contributed by atoms with E-state index < -0.39 is 12.1 Å². The van der Waals surface area contributed by atoms with Crippen LogP contribution in [0.4, 0.5) is 5.69 Å². The predicted octanol–water partition coefficient (Wildman–Crippen LogP) is 2.48. The van der Waals surface area contributed by atoms with Gasteiger partial charge in [0.15, 0.2) is 0 Å². The molecular formula is C20H25N3O2. The molecule has 0 aliphatic heterocycles. The molecule has 5 nitrogen and oxygen atoms in total. The number of anilines is 1. The van der Waals surface area contributed by atoms with E-state index in [1.165, 1.54) is 0 Å². The zero-order chi connectivity index (χ0) is 18.1. The summed E-state index contributed by atoms with van der Waals surface area (Å²) in [5.41, 5.74) is 7.54. The molecule has 2 aromatic carbocycles. The zero-order valence-electron chi connectivity index (χ0n) is 14.4. The lowest BCUT2D eigenvalue weighted by Crippen LogP contribution is -2.50. The minimum absolute atomic E-state index is 0.257. The average Bonchev–Trinajstić information content (AvgIpc) is 2.63. The van der Waals surface area contributed by atoms with Crippen LogP contribution in [0.2, 0.25) is 0 Å². The van der Waals surface area contributed by atoms with Gasteiger partial charge in [-0.3, -0.25) is 9.59 Å². The highest BCUT2D eigenvalue weighted by molar-refractivity contribution is 5.98. The molecule has 2 aromatic rings. The van der Waals surface area contributed by atoms with Crippen molar-refractivity contribution >= 4 is 17.5 Å². The maximum Gasteiger partial charge on any atom is 0.247 e. The van der Waals surface area contributed by atoms with Crippen molar-refractivity contribution in [1.82, 2.24) is 5.32 Å². The van der Waals surface area contributed by atoms with E-state index in [-0.39, 0.29) is 11.8 Å². The molecule has 2 atom stereocenters. The second-order valence-electron chi connectivity index (χ2n) is 6.00. The molecule has 0 bridgehead atoms. The summed E-state index contributed by atoms with van der Waals surface area (Å²) in [4.78, 5) is 24.9. The first-order chi connectivity index (χ1) is 12.1. The van der Waals surface area contributed by atoms with Crippen LogP contribution in [0.1, 0.15) is 25.3 Å². The standard InChI is InChI=1S/C20H25N3O2/c1-2-9-17(21)19(24)23-18(14-15-10-5-3-6-11-15)20(25)22-16-12-7-4-8-13-16/h3-8,10-13,17-18H,2,9,14,21H2,1H3,(H,22,25)(H,23,24). The summed E-state index contributed by atoms with van der Waals surface area (Å²) in [6.07, 6.45) is 1.81. The Morgan fingerprint density at radius 1 is 0.960 bits per heavy atom. The van der Waals surface area contributed by atoms with E-state index >= 15 is 0 Å². The lowest BCUT2D eigenvalue weighted by atomic mass is 10.0. The van der Waals surface area contributed by atoms with Crippen molar-refractivity contribution in [3.8, 4) is 0 Å². The van der Waals surface area contributed by atoms with E-state index in [1.54, 1.807) is 0 Å². The average molecular weight is 339 g/mol. The minimum Gasteiger partial charge on any atom is -0.343 e. The van der Waals surface area contributed by atoms with Crippen molar-refractivity contribution in [3.05, 3.63) is 66.2 Å². The largest absolute Gasteiger partial charge is 0.343 e. The van der Waals surface area contributed by atoms with E-state index in [0.717, 1.165) is 12.0 Å². The lowest BCUT2D eigenvalue weighted by Gasteiger charge is -2.21. The van der Waals surface area contributed by atoms with Crippen molar-refractivity contribution in [2.24, 2.45) is 5.73 Å². The van der Waals surface area contributed by atoms with Crippen LogP contribution >= 0.6 is 0 Å². The van der Waals surface area contributed by atoms with Gasteiger partial charge in [0.05, 0.1) is 6.04 Å². The number of rotatable bonds is 8. The SMILES string of the molecule is CCCC(N)C(=O)NC(Cc1ccccc1)C(=O)Nc1ccccc1. The molecule has 0 aliphatic rings. The Labute approximate surface area is 148 Å². The van der Waals surface area contributed by atoms with Gasteiger partial charge < -0.3 is 16.4 Å². The number of nitrogens with one attached hydrogen (secondary N) is 2. The number of para-hydroxylation sites is 1. The van der Waals surface area contributed by atoms with Gasteiger partial charge >= 0.3 is 0 Å². The molecule has 0 saturated heterocycles. The normalized spacial score (nSPS) is 12.9. The predicted molar refractivity (Wildman–Crippen MR) is 100 cm³/mol. The maximum absolute atomic E-state index is 12.7. The summed E-state index contributed by atoms with van der Waals surface area (Å²) < 4.78 is 0. The van der Waals surface area contributed by atoms with E-state index in [2.05, 4.69) is 10.6 Å². The van der Waals surface area contributed by atoms with Gasteiger partial charge in [0.1, 0.15) is 6.04 Å². The number of hydrogen-bond donors (Lipinski definition) is 3. The molecule has 2 unspecified atom stereocenters. The van der Waals surface area contributed by atoms with Gasteiger partial charge in [-0.15, -0.1) is 0 Å². The van der Waals surface area contributed by atoms with Gasteiger partial charge in [-0.25, -0.2) is 0 Å². The number of amides is 2. The molecule has 2 amide bonds. The minimum atomic E-state index is -0.682. The summed E-state index contributed by atoms with van der Waals surface area (Å²) in [5.74, 6) is -0.557. The number of benzene rings is 2. The quantitative estimate of drug-likeness (QED) is 0.691. The number of nitrogens with two attached hydrogens (primary N) is 1. The van der Waals surface area contributed by atoms with E-state index in [0.29, 0.717) is 18.5 Å². The molecule has 132 valence electrons. The second kappa shape index (κ2) is 9.59. The fraction of sp³-hybridized carbons (Fsp3) is 0.300. The van der Waals surface area contributed by atoms with E-state index in [9.17, 15) is 9.59 Å². The summed E-state index contributed by atoms with van der Waals surface area (Å²) in [5, 5.41) is 5.64. The van der Waals surface area contributed by atoms with Gasteiger partial charge in [0.2, 0.25) is 11.8 Å². The molecule has 0 fully saturated rings. The van der Waals surface area contributed by atoms with Gasteiger partial charge in [0, 0.05) is 12.1 Å². The number of carbonyl (C=O) groups is 2. The third kappa shape index (κ3) is 6.04. The molecule has 5 heteroatoms. The van der Waals surface area contributed by atoms with Gasteiger partial charge in [0.25, 0.3) is 0 Å². The van der Waals surface area contributed by atoms with Gasteiger partial charge in [-0.05, 0) is 24.1 Å². The third-order valence-corrected chi connectivity index (χ3v) is 3.89. The Kier molecular flexibility index (Phi) is 7.16. The molecule has 2 rings (SSSR count). The molecule has 4 N–H and O–H groups in total. The molecule has 0 heterocycles. The Bertz CT molecular complexity index is 674.